The van der Waals surface area contributed by atoms with Crippen LogP contribution in [0.2, 0.25) is 0 Å². The smallest absolute Gasteiger partial charge is 0.392 e. The zero-order valence-electron chi connectivity index (χ0n) is 5.68. The Hall–Kier alpha value is 0.550. The standard InChI is InChI=1S/C4H10BrO5P/c5-3-4(6)1-2-10-11(7,8)9/h4,6H,1-3H2,(H2,7,8,9). The number of halogens is 1. The Labute approximate surface area is 72.7 Å². The van der Waals surface area contributed by atoms with E-state index in [4.69, 9.17) is 14.9 Å². The highest BCUT2D eigenvalue weighted by Gasteiger charge is 2.13. The molecule has 0 rings (SSSR count). The second kappa shape index (κ2) is 5.24. The molecule has 0 aromatic rings. The van der Waals surface area contributed by atoms with Crippen molar-refractivity contribution < 1.29 is 24.0 Å². The molecule has 0 aliphatic heterocycles. The molecule has 0 bridgehead atoms. The first-order valence-electron chi connectivity index (χ1n) is 2.90. The number of hydrogen-bond donors (Lipinski definition) is 3. The molecule has 11 heavy (non-hydrogen) atoms. The fourth-order valence-electron chi connectivity index (χ4n) is 0.385. The largest absolute Gasteiger partial charge is 0.469 e. The molecule has 0 radical (unpaired) electrons. The SMILES string of the molecule is O=P(O)(O)OCCC(O)CBr. The monoisotopic (exact) mass is 248 g/mol. The van der Waals surface area contributed by atoms with Gasteiger partial charge < -0.3 is 14.9 Å². The minimum atomic E-state index is -4.36. The Morgan fingerprint density at radius 2 is 2.09 bits per heavy atom. The molecule has 7 heteroatoms. The van der Waals surface area contributed by atoms with Crippen molar-refractivity contribution in [2.75, 3.05) is 11.9 Å². The molecule has 0 aliphatic carbocycles. The van der Waals surface area contributed by atoms with E-state index in [2.05, 4.69) is 20.5 Å². The van der Waals surface area contributed by atoms with Gasteiger partial charge in [-0.2, -0.15) is 0 Å². The number of phosphoric acid groups is 1. The van der Waals surface area contributed by atoms with Gasteiger partial charge in [0.2, 0.25) is 0 Å². The average Bonchev–Trinajstić information content (AvgIpc) is 1.85. The molecular formula is C4H10BrO5P. The molecule has 5 nitrogen and oxygen atoms in total. The van der Waals surface area contributed by atoms with Gasteiger partial charge in [-0.25, -0.2) is 4.57 Å². The van der Waals surface area contributed by atoms with Gasteiger partial charge in [-0.3, -0.25) is 4.52 Å². The van der Waals surface area contributed by atoms with Gasteiger partial charge in [-0.1, -0.05) is 15.9 Å². The zero-order chi connectivity index (χ0) is 8.91. The molecule has 0 aliphatic rings. The summed E-state index contributed by atoms with van der Waals surface area (Å²) >= 11 is 3.00. The second-order valence-corrected chi connectivity index (χ2v) is 3.81. The number of aliphatic hydroxyl groups is 1. The number of rotatable bonds is 5. The summed E-state index contributed by atoms with van der Waals surface area (Å²) in [4.78, 5) is 16.4. The van der Waals surface area contributed by atoms with Crippen LogP contribution in [0, 0.1) is 0 Å². The van der Waals surface area contributed by atoms with Crippen LogP contribution >= 0.6 is 23.8 Å². The van der Waals surface area contributed by atoms with Crippen molar-refractivity contribution in [3.05, 3.63) is 0 Å². The summed E-state index contributed by atoms with van der Waals surface area (Å²) in [5, 5.41) is 9.25. The Morgan fingerprint density at radius 3 is 2.45 bits per heavy atom. The van der Waals surface area contributed by atoms with Crippen molar-refractivity contribution in [1.29, 1.82) is 0 Å². The fourth-order valence-corrected chi connectivity index (χ4v) is 1.05. The van der Waals surface area contributed by atoms with Crippen LogP contribution in [0.3, 0.4) is 0 Å². The van der Waals surface area contributed by atoms with E-state index in [0.29, 0.717) is 5.33 Å². The highest BCUT2D eigenvalue weighted by molar-refractivity contribution is 9.09. The summed E-state index contributed by atoms with van der Waals surface area (Å²) in [5.74, 6) is 0. The lowest BCUT2D eigenvalue weighted by atomic mass is 10.3. The molecule has 1 unspecified atom stereocenters. The molecule has 0 saturated carbocycles. The van der Waals surface area contributed by atoms with Gasteiger partial charge in [0.15, 0.2) is 0 Å². The van der Waals surface area contributed by atoms with Gasteiger partial charge in [0.25, 0.3) is 0 Å². The molecule has 0 spiro atoms. The maximum atomic E-state index is 10.1. The Kier molecular flexibility index (Phi) is 5.50. The third kappa shape index (κ3) is 8.46. The number of aliphatic hydroxyl groups excluding tert-OH is 1. The summed E-state index contributed by atoms with van der Waals surface area (Å²) in [6, 6.07) is 0. The van der Waals surface area contributed by atoms with Crippen LogP contribution in [-0.2, 0) is 9.09 Å². The van der Waals surface area contributed by atoms with Crippen molar-refractivity contribution in [2.45, 2.75) is 12.5 Å². The number of alkyl halides is 1. The molecular weight excluding hydrogens is 239 g/mol. The van der Waals surface area contributed by atoms with Gasteiger partial charge in [-0.15, -0.1) is 0 Å². The summed E-state index contributed by atoms with van der Waals surface area (Å²) < 4.78 is 14.2. The van der Waals surface area contributed by atoms with E-state index < -0.39 is 13.9 Å². The van der Waals surface area contributed by atoms with Gasteiger partial charge in [0.1, 0.15) is 0 Å². The highest BCUT2D eigenvalue weighted by atomic mass is 79.9. The average molecular weight is 249 g/mol. The lowest BCUT2D eigenvalue weighted by molar-refractivity contribution is 0.138. The van der Waals surface area contributed by atoms with E-state index in [0.717, 1.165) is 0 Å². The van der Waals surface area contributed by atoms with Crippen molar-refractivity contribution >= 4 is 23.8 Å². The molecule has 0 heterocycles. The summed E-state index contributed by atoms with van der Waals surface area (Å²) in [6.07, 6.45) is -0.419. The summed E-state index contributed by atoms with van der Waals surface area (Å²) in [5.41, 5.74) is 0. The Balaban J connectivity index is 3.35. The van der Waals surface area contributed by atoms with Crippen LogP contribution in [0.4, 0.5) is 0 Å². The van der Waals surface area contributed by atoms with Gasteiger partial charge in [-0.05, 0) is 6.42 Å². The molecule has 3 N–H and O–H groups in total. The first-order valence-corrected chi connectivity index (χ1v) is 5.55. The van der Waals surface area contributed by atoms with E-state index in [1.807, 2.05) is 0 Å². The van der Waals surface area contributed by atoms with E-state index in [-0.39, 0.29) is 13.0 Å². The van der Waals surface area contributed by atoms with Crippen LogP contribution in [-0.4, -0.2) is 32.9 Å². The Morgan fingerprint density at radius 1 is 1.55 bits per heavy atom. The summed E-state index contributed by atoms with van der Waals surface area (Å²) in [6.45, 7) is -0.142. The summed E-state index contributed by atoms with van der Waals surface area (Å²) in [7, 11) is -4.36. The minimum Gasteiger partial charge on any atom is -0.392 e. The number of phosphoric ester groups is 1. The highest BCUT2D eigenvalue weighted by Crippen LogP contribution is 2.35. The molecule has 0 fully saturated rings. The molecule has 0 aromatic carbocycles. The predicted molar refractivity (Wildman–Crippen MR) is 42.4 cm³/mol. The van der Waals surface area contributed by atoms with Crippen molar-refractivity contribution in [2.24, 2.45) is 0 Å². The molecule has 1 atom stereocenters. The fraction of sp³-hybridized carbons (Fsp3) is 1.00. The predicted octanol–water partition coefficient (Wildman–Crippen LogP) is 0.242. The van der Waals surface area contributed by atoms with Crippen molar-refractivity contribution in [3.63, 3.8) is 0 Å². The van der Waals surface area contributed by atoms with E-state index in [9.17, 15) is 4.57 Å². The zero-order valence-corrected chi connectivity index (χ0v) is 8.16. The first kappa shape index (κ1) is 11.6. The third-order valence-electron chi connectivity index (χ3n) is 0.889. The molecule has 0 amide bonds. The normalized spacial score (nSPS) is 14.9. The van der Waals surface area contributed by atoms with E-state index in [1.54, 1.807) is 0 Å². The number of hydrogen-bond acceptors (Lipinski definition) is 3. The van der Waals surface area contributed by atoms with E-state index >= 15 is 0 Å². The van der Waals surface area contributed by atoms with Crippen LogP contribution in [0.15, 0.2) is 0 Å². The minimum absolute atomic E-state index is 0.142. The Bertz CT molecular complexity index is 145. The van der Waals surface area contributed by atoms with Crippen LogP contribution < -0.4 is 0 Å². The van der Waals surface area contributed by atoms with Crippen LogP contribution in [0.1, 0.15) is 6.42 Å². The molecule has 0 saturated heterocycles. The van der Waals surface area contributed by atoms with Crippen LogP contribution in [0.5, 0.6) is 0 Å². The second-order valence-electron chi connectivity index (χ2n) is 1.92. The van der Waals surface area contributed by atoms with Gasteiger partial charge in [0, 0.05) is 5.33 Å². The van der Waals surface area contributed by atoms with Crippen molar-refractivity contribution in [3.8, 4) is 0 Å². The first-order chi connectivity index (χ1) is 4.95. The van der Waals surface area contributed by atoms with Crippen LogP contribution in [0.25, 0.3) is 0 Å². The molecule has 68 valence electrons. The van der Waals surface area contributed by atoms with Gasteiger partial charge >= 0.3 is 7.82 Å². The third-order valence-corrected chi connectivity index (χ3v) is 2.15. The maximum Gasteiger partial charge on any atom is 0.469 e. The van der Waals surface area contributed by atoms with E-state index in [1.165, 1.54) is 0 Å². The van der Waals surface area contributed by atoms with Gasteiger partial charge in [0.05, 0.1) is 12.7 Å². The quantitative estimate of drug-likeness (QED) is 0.480. The lowest BCUT2D eigenvalue weighted by Crippen LogP contribution is -2.10. The van der Waals surface area contributed by atoms with Crippen molar-refractivity contribution in [1.82, 2.24) is 0 Å². The lowest BCUT2D eigenvalue weighted by Gasteiger charge is -2.07. The maximum absolute atomic E-state index is 10.1. The topological polar surface area (TPSA) is 87.0 Å². The molecule has 0 aromatic heterocycles.